The summed E-state index contributed by atoms with van der Waals surface area (Å²) in [5, 5.41) is 23.1. The van der Waals surface area contributed by atoms with Crippen molar-refractivity contribution in [1.29, 1.82) is 0 Å². The summed E-state index contributed by atoms with van der Waals surface area (Å²) in [7, 11) is 1.92. The quantitative estimate of drug-likeness (QED) is 0.891. The van der Waals surface area contributed by atoms with E-state index in [-0.39, 0.29) is 6.61 Å². The number of rotatable bonds is 4. The number of nitrogens with zero attached hydrogens (tertiary/aromatic N) is 4. The van der Waals surface area contributed by atoms with Crippen LogP contribution < -0.4 is 5.32 Å². The molecule has 2 aromatic rings. The smallest absolute Gasteiger partial charge is 0.163 e. The summed E-state index contributed by atoms with van der Waals surface area (Å²) in [5.41, 5.74) is 4.00. The summed E-state index contributed by atoms with van der Waals surface area (Å²) in [6.45, 7) is 3.82. The lowest BCUT2D eigenvalue weighted by molar-refractivity contribution is -0.0428. The predicted octanol–water partition coefficient (Wildman–Crippen LogP) is 2.51. The predicted molar refractivity (Wildman–Crippen MR) is 96.9 cm³/mol. The molecule has 7 nitrogen and oxygen atoms in total. The van der Waals surface area contributed by atoms with E-state index in [0.717, 1.165) is 33.7 Å². The summed E-state index contributed by atoms with van der Waals surface area (Å²) in [6, 6.07) is 0.469. The standard InChI is InChI=1S/C18H25N5O2/c1-11-15-16(20-12-6-4-5-7-12)13(9-19-17(15)23(3)21-11)14-8-18(2,10-24)25-22-14/h9,12,24H,4-8,10H2,1-3H3,(H,19,20). The molecule has 2 aromatic heterocycles. The lowest BCUT2D eigenvalue weighted by Crippen LogP contribution is -2.29. The molecule has 0 bridgehead atoms. The van der Waals surface area contributed by atoms with Crippen LogP contribution in [0.25, 0.3) is 11.0 Å². The molecule has 1 saturated carbocycles. The first-order chi connectivity index (χ1) is 12.0. The van der Waals surface area contributed by atoms with Gasteiger partial charge in [-0.3, -0.25) is 4.68 Å². The lowest BCUT2D eigenvalue weighted by atomic mass is 9.95. The molecule has 1 atom stereocenters. The number of aryl methyl sites for hydroxylation is 2. The van der Waals surface area contributed by atoms with E-state index in [0.29, 0.717) is 12.5 Å². The largest absolute Gasteiger partial charge is 0.392 e. The number of aliphatic hydroxyl groups is 1. The highest BCUT2D eigenvalue weighted by atomic mass is 16.7. The van der Waals surface area contributed by atoms with Crippen molar-refractivity contribution in [3.63, 3.8) is 0 Å². The minimum atomic E-state index is -0.654. The van der Waals surface area contributed by atoms with Crippen molar-refractivity contribution < 1.29 is 9.94 Å². The maximum atomic E-state index is 9.57. The Hall–Kier alpha value is -2.15. The fourth-order valence-corrected chi connectivity index (χ4v) is 3.87. The molecular weight excluding hydrogens is 318 g/mol. The van der Waals surface area contributed by atoms with Crippen molar-refractivity contribution >= 4 is 22.4 Å². The van der Waals surface area contributed by atoms with Gasteiger partial charge in [0.1, 0.15) is 0 Å². The molecule has 0 radical (unpaired) electrons. The Morgan fingerprint density at radius 3 is 2.84 bits per heavy atom. The molecule has 1 fully saturated rings. The van der Waals surface area contributed by atoms with Crippen LogP contribution in [0.1, 0.15) is 50.3 Å². The van der Waals surface area contributed by atoms with Gasteiger partial charge in [0.25, 0.3) is 0 Å². The number of hydrogen-bond donors (Lipinski definition) is 2. The van der Waals surface area contributed by atoms with Crippen LogP contribution in [0.5, 0.6) is 0 Å². The van der Waals surface area contributed by atoms with Gasteiger partial charge in [0.05, 0.1) is 29.1 Å². The van der Waals surface area contributed by atoms with E-state index in [1.807, 2.05) is 31.8 Å². The first-order valence-corrected chi connectivity index (χ1v) is 8.96. The number of nitrogens with one attached hydrogen (secondary N) is 1. The summed E-state index contributed by atoms with van der Waals surface area (Å²) in [5.74, 6) is 0. The Kier molecular flexibility index (Phi) is 3.91. The Morgan fingerprint density at radius 2 is 2.16 bits per heavy atom. The van der Waals surface area contributed by atoms with E-state index in [9.17, 15) is 5.11 Å². The van der Waals surface area contributed by atoms with Crippen molar-refractivity contribution in [2.45, 2.75) is 57.6 Å². The third-order valence-electron chi connectivity index (χ3n) is 5.29. The van der Waals surface area contributed by atoms with Crippen LogP contribution in [0.4, 0.5) is 5.69 Å². The number of hydrogen-bond acceptors (Lipinski definition) is 6. The monoisotopic (exact) mass is 343 g/mol. The molecule has 0 saturated heterocycles. The minimum Gasteiger partial charge on any atom is -0.392 e. The van der Waals surface area contributed by atoms with Gasteiger partial charge in [0.2, 0.25) is 0 Å². The van der Waals surface area contributed by atoms with Crippen molar-refractivity contribution in [3.05, 3.63) is 17.5 Å². The molecule has 1 unspecified atom stereocenters. The van der Waals surface area contributed by atoms with Crippen LogP contribution in [0, 0.1) is 6.92 Å². The highest BCUT2D eigenvalue weighted by Gasteiger charge is 2.36. The fraction of sp³-hybridized carbons (Fsp3) is 0.611. The van der Waals surface area contributed by atoms with Gasteiger partial charge >= 0.3 is 0 Å². The molecule has 2 aliphatic rings. The number of aromatic nitrogens is 3. The molecule has 1 aliphatic heterocycles. The minimum absolute atomic E-state index is 0.0625. The van der Waals surface area contributed by atoms with Crippen LogP contribution in [0.3, 0.4) is 0 Å². The van der Waals surface area contributed by atoms with E-state index in [1.165, 1.54) is 25.7 Å². The Balaban J connectivity index is 1.82. The van der Waals surface area contributed by atoms with Gasteiger partial charge in [-0.2, -0.15) is 5.10 Å². The molecule has 134 valence electrons. The maximum absolute atomic E-state index is 9.57. The van der Waals surface area contributed by atoms with Crippen LogP contribution in [-0.2, 0) is 11.9 Å². The van der Waals surface area contributed by atoms with Crippen LogP contribution >= 0.6 is 0 Å². The Bertz CT molecular complexity index is 838. The number of oxime groups is 1. The number of aliphatic hydroxyl groups excluding tert-OH is 1. The molecule has 7 heteroatoms. The third kappa shape index (κ3) is 2.76. The number of fused-ring (bicyclic) bond motifs is 1. The van der Waals surface area contributed by atoms with Crippen molar-refractivity contribution in [2.75, 3.05) is 11.9 Å². The zero-order valence-electron chi connectivity index (χ0n) is 15.0. The molecule has 0 aromatic carbocycles. The summed E-state index contributed by atoms with van der Waals surface area (Å²) < 4.78 is 1.82. The van der Waals surface area contributed by atoms with Gasteiger partial charge in [-0.25, -0.2) is 4.98 Å². The zero-order chi connectivity index (χ0) is 17.6. The van der Waals surface area contributed by atoms with E-state index in [1.54, 1.807) is 0 Å². The van der Waals surface area contributed by atoms with Gasteiger partial charge in [-0.15, -0.1) is 0 Å². The topological polar surface area (TPSA) is 84.6 Å². The molecular formula is C18H25N5O2. The first-order valence-electron chi connectivity index (χ1n) is 8.96. The second-order valence-electron chi connectivity index (χ2n) is 7.49. The average Bonchev–Trinajstić information content (AvgIpc) is 3.30. The second kappa shape index (κ2) is 5.98. The SMILES string of the molecule is Cc1nn(C)c2ncc(C3=NOC(C)(CO)C3)c(NC3CCCC3)c12. The fourth-order valence-electron chi connectivity index (χ4n) is 3.87. The number of anilines is 1. The molecule has 25 heavy (non-hydrogen) atoms. The van der Waals surface area contributed by atoms with Gasteiger partial charge in [0.15, 0.2) is 11.2 Å². The first kappa shape index (κ1) is 16.3. The highest BCUT2D eigenvalue weighted by Crippen LogP contribution is 2.35. The van der Waals surface area contributed by atoms with Crippen LogP contribution in [-0.4, -0.2) is 43.8 Å². The van der Waals surface area contributed by atoms with Crippen molar-refractivity contribution in [1.82, 2.24) is 14.8 Å². The van der Waals surface area contributed by atoms with Gasteiger partial charge in [-0.1, -0.05) is 18.0 Å². The summed E-state index contributed by atoms with van der Waals surface area (Å²) in [6.07, 6.45) is 7.31. The molecule has 3 heterocycles. The average molecular weight is 343 g/mol. The zero-order valence-corrected chi connectivity index (χ0v) is 15.0. The van der Waals surface area contributed by atoms with Gasteiger partial charge < -0.3 is 15.3 Å². The summed E-state index contributed by atoms with van der Waals surface area (Å²) >= 11 is 0. The Labute approximate surface area is 147 Å². The second-order valence-corrected chi connectivity index (χ2v) is 7.49. The van der Waals surface area contributed by atoms with Gasteiger partial charge in [-0.05, 0) is 26.7 Å². The molecule has 0 spiro atoms. The normalized spacial score (nSPS) is 23.9. The summed E-state index contributed by atoms with van der Waals surface area (Å²) in [4.78, 5) is 10.1. The van der Waals surface area contributed by atoms with Crippen LogP contribution in [0.2, 0.25) is 0 Å². The van der Waals surface area contributed by atoms with Crippen molar-refractivity contribution in [2.24, 2.45) is 12.2 Å². The molecule has 1 aliphatic carbocycles. The van der Waals surface area contributed by atoms with Gasteiger partial charge in [0, 0.05) is 31.3 Å². The Morgan fingerprint density at radius 1 is 1.40 bits per heavy atom. The maximum Gasteiger partial charge on any atom is 0.163 e. The lowest BCUT2D eigenvalue weighted by Gasteiger charge is -2.19. The van der Waals surface area contributed by atoms with E-state index >= 15 is 0 Å². The van der Waals surface area contributed by atoms with E-state index in [2.05, 4.69) is 20.6 Å². The van der Waals surface area contributed by atoms with Crippen molar-refractivity contribution in [3.8, 4) is 0 Å². The molecule has 0 amide bonds. The van der Waals surface area contributed by atoms with E-state index < -0.39 is 5.60 Å². The van der Waals surface area contributed by atoms with E-state index in [4.69, 9.17) is 4.84 Å². The third-order valence-corrected chi connectivity index (χ3v) is 5.29. The van der Waals surface area contributed by atoms with Crippen LogP contribution in [0.15, 0.2) is 11.4 Å². The highest BCUT2D eigenvalue weighted by molar-refractivity contribution is 6.11. The molecule has 4 rings (SSSR count). The molecule has 2 N–H and O–H groups in total. The number of pyridine rings is 1.